The van der Waals surface area contributed by atoms with Crippen LogP contribution in [-0.2, 0) is 11.8 Å². The van der Waals surface area contributed by atoms with Crippen LogP contribution in [0.25, 0.3) is 0 Å². The molecule has 2 rings (SSSR count). The lowest BCUT2D eigenvalue weighted by atomic mass is 10.2. The largest absolute Gasteiger partial charge is 0.378 e. The van der Waals surface area contributed by atoms with Crippen LogP contribution in [0.4, 0.5) is 0 Å². The zero-order valence-corrected chi connectivity index (χ0v) is 10.6. The third-order valence-electron chi connectivity index (χ3n) is 2.98. The van der Waals surface area contributed by atoms with Crippen LogP contribution in [-0.4, -0.2) is 42.8 Å². The Morgan fingerprint density at radius 3 is 3.00 bits per heavy atom. The number of hydrogen-bond acceptors (Lipinski definition) is 3. The molecule has 1 amide bonds. The molecule has 1 aromatic rings. The number of nitrogens with one attached hydrogen (secondary N) is 2. The van der Waals surface area contributed by atoms with Crippen molar-refractivity contribution in [1.29, 1.82) is 0 Å². The molecule has 1 saturated heterocycles. The number of rotatable bonds is 3. The van der Waals surface area contributed by atoms with Crippen molar-refractivity contribution in [3.8, 4) is 0 Å². The Labute approximate surface area is 105 Å². The van der Waals surface area contributed by atoms with Crippen molar-refractivity contribution in [3.63, 3.8) is 0 Å². The number of aromatic nitrogens is 1. The van der Waals surface area contributed by atoms with E-state index in [-0.39, 0.29) is 18.1 Å². The predicted molar refractivity (Wildman–Crippen MR) is 65.3 cm³/mol. The molecule has 0 bridgehead atoms. The number of carbonyl (C=O) groups is 1. The third kappa shape index (κ3) is 2.62. The summed E-state index contributed by atoms with van der Waals surface area (Å²) in [6.45, 7) is 1.48. The fraction of sp³-hybridized carbons (Fsp3) is 0.545. The predicted octanol–water partition coefficient (Wildman–Crippen LogP) is 0.395. The average molecular weight is 258 g/mol. The standard InChI is InChI=1S/C11H16ClN3O2/c1-15-6-7(12)3-9(15)11(16)14-8-4-13-5-10(8)17-2/h3,6,8,10,13H,4-5H2,1-2H3,(H,14,16)/t8?,10-/m1/s1. The van der Waals surface area contributed by atoms with Crippen molar-refractivity contribution < 1.29 is 9.53 Å². The van der Waals surface area contributed by atoms with Crippen LogP contribution in [0.1, 0.15) is 10.5 Å². The normalized spacial score (nSPS) is 23.9. The first-order chi connectivity index (χ1) is 8.11. The zero-order chi connectivity index (χ0) is 12.4. The van der Waals surface area contributed by atoms with Gasteiger partial charge in [-0.05, 0) is 6.07 Å². The van der Waals surface area contributed by atoms with Gasteiger partial charge in [-0.3, -0.25) is 4.79 Å². The summed E-state index contributed by atoms with van der Waals surface area (Å²) in [4.78, 5) is 12.0. The highest BCUT2D eigenvalue weighted by Crippen LogP contribution is 2.13. The second kappa shape index (κ2) is 5.08. The molecule has 0 radical (unpaired) electrons. The Kier molecular flexibility index (Phi) is 3.71. The van der Waals surface area contributed by atoms with Gasteiger partial charge < -0.3 is 19.9 Å². The van der Waals surface area contributed by atoms with Gasteiger partial charge in [-0.1, -0.05) is 11.6 Å². The molecule has 2 heterocycles. The van der Waals surface area contributed by atoms with Crippen LogP contribution in [0.2, 0.25) is 5.02 Å². The van der Waals surface area contributed by atoms with Gasteiger partial charge in [-0.2, -0.15) is 0 Å². The van der Waals surface area contributed by atoms with Crippen molar-refractivity contribution in [2.24, 2.45) is 7.05 Å². The summed E-state index contributed by atoms with van der Waals surface area (Å²) in [6, 6.07) is 1.65. The van der Waals surface area contributed by atoms with E-state index in [1.807, 2.05) is 0 Å². The Hall–Kier alpha value is -1.04. The van der Waals surface area contributed by atoms with E-state index in [0.29, 0.717) is 10.7 Å². The molecule has 6 heteroatoms. The van der Waals surface area contributed by atoms with Gasteiger partial charge in [0.25, 0.3) is 5.91 Å². The molecule has 1 aliphatic rings. The van der Waals surface area contributed by atoms with Gasteiger partial charge in [-0.15, -0.1) is 0 Å². The van der Waals surface area contributed by atoms with Gasteiger partial charge in [0.05, 0.1) is 17.2 Å². The van der Waals surface area contributed by atoms with Crippen LogP contribution < -0.4 is 10.6 Å². The van der Waals surface area contributed by atoms with Gasteiger partial charge in [0, 0.05) is 33.4 Å². The molecule has 0 saturated carbocycles. The quantitative estimate of drug-likeness (QED) is 0.824. The fourth-order valence-corrected chi connectivity index (χ4v) is 2.29. The van der Waals surface area contributed by atoms with Gasteiger partial charge >= 0.3 is 0 Å². The van der Waals surface area contributed by atoms with E-state index < -0.39 is 0 Å². The average Bonchev–Trinajstić information content (AvgIpc) is 2.84. The number of hydrogen-bond donors (Lipinski definition) is 2. The number of ether oxygens (including phenoxy) is 1. The summed E-state index contributed by atoms with van der Waals surface area (Å²) in [7, 11) is 3.44. The van der Waals surface area contributed by atoms with Crippen LogP contribution in [0.15, 0.2) is 12.3 Å². The number of methoxy groups -OCH3 is 1. The van der Waals surface area contributed by atoms with E-state index in [2.05, 4.69) is 10.6 Å². The van der Waals surface area contributed by atoms with Crippen molar-refractivity contribution in [3.05, 3.63) is 23.0 Å². The first-order valence-electron chi connectivity index (χ1n) is 5.48. The number of carbonyl (C=O) groups excluding carboxylic acids is 1. The summed E-state index contributed by atoms with van der Waals surface area (Å²) >= 11 is 5.84. The van der Waals surface area contributed by atoms with Crippen LogP contribution in [0.5, 0.6) is 0 Å². The molecule has 2 N–H and O–H groups in total. The topological polar surface area (TPSA) is 55.3 Å². The van der Waals surface area contributed by atoms with E-state index in [9.17, 15) is 4.79 Å². The number of halogens is 1. The van der Waals surface area contributed by atoms with Crippen LogP contribution in [0.3, 0.4) is 0 Å². The number of amides is 1. The first kappa shape index (κ1) is 12.4. The van der Waals surface area contributed by atoms with Gasteiger partial charge in [0.2, 0.25) is 0 Å². The molecular formula is C11H16ClN3O2. The van der Waals surface area contributed by atoms with Crippen molar-refractivity contribution in [2.45, 2.75) is 12.1 Å². The third-order valence-corrected chi connectivity index (χ3v) is 3.19. The smallest absolute Gasteiger partial charge is 0.268 e. The molecule has 94 valence electrons. The van der Waals surface area contributed by atoms with E-state index in [0.717, 1.165) is 13.1 Å². The highest BCUT2D eigenvalue weighted by atomic mass is 35.5. The fourth-order valence-electron chi connectivity index (χ4n) is 2.04. The summed E-state index contributed by atoms with van der Waals surface area (Å²) in [5.74, 6) is -0.129. The molecule has 0 spiro atoms. The molecule has 17 heavy (non-hydrogen) atoms. The summed E-state index contributed by atoms with van der Waals surface area (Å²) < 4.78 is 7.00. The van der Waals surface area contributed by atoms with Crippen LogP contribution >= 0.6 is 11.6 Å². The highest BCUT2D eigenvalue weighted by Gasteiger charge is 2.28. The molecule has 5 nitrogen and oxygen atoms in total. The molecule has 0 aromatic carbocycles. The zero-order valence-electron chi connectivity index (χ0n) is 9.87. The van der Waals surface area contributed by atoms with Crippen molar-refractivity contribution in [2.75, 3.05) is 20.2 Å². The van der Waals surface area contributed by atoms with Gasteiger partial charge in [0.15, 0.2) is 0 Å². The maximum Gasteiger partial charge on any atom is 0.268 e. The molecule has 1 aliphatic heterocycles. The van der Waals surface area contributed by atoms with Crippen molar-refractivity contribution in [1.82, 2.24) is 15.2 Å². The minimum atomic E-state index is -0.129. The summed E-state index contributed by atoms with van der Waals surface area (Å²) in [5, 5.41) is 6.68. The second-order valence-electron chi connectivity index (χ2n) is 4.17. The lowest BCUT2D eigenvalue weighted by molar-refractivity contribution is 0.0774. The molecule has 2 atom stereocenters. The molecule has 1 fully saturated rings. The number of nitrogens with zero attached hydrogens (tertiary/aromatic N) is 1. The molecule has 1 aromatic heterocycles. The maximum atomic E-state index is 12.0. The highest BCUT2D eigenvalue weighted by molar-refractivity contribution is 6.31. The summed E-state index contributed by atoms with van der Waals surface area (Å²) in [6.07, 6.45) is 1.73. The molecule has 1 unspecified atom stereocenters. The van der Waals surface area contributed by atoms with Gasteiger partial charge in [0.1, 0.15) is 5.69 Å². The lowest BCUT2D eigenvalue weighted by Gasteiger charge is -2.18. The summed E-state index contributed by atoms with van der Waals surface area (Å²) in [5.41, 5.74) is 0.553. The van der Waals surface area contributed by atoms with Crippen molar-refractivity contribution >= 4 is 17.5 Å². The van der Waals surface area contributed by atoms with Gasteiger partial charge in [-0.25, -0.2) is 0 Å². The Bertz CT molecular complexity index is 419. The van der Waals surface area contributed by atoms with E-state index >= 15 is 0 Å². The first-order valence-corrected chi connectivity index (χ1v) is 5.86. The van der Waals surface area contributed by atoms with E-state index in [1.165, 1.54) is 0 Å². The lowest BCUT2D eigenvalue weighted by Crippen LogP contribution is -2.44. The Morgan fingerprint density at radius 1 is 1.65 bits per heavy atom. The Morgan fingerprint density at radius 2 is 2.41 bits per heavy atom. The van der Waals surface area contributed by atoms with Crippen LogP contribution in [0, 0.1) is 0 Å². The molecule has 0 aliphatic carbocycles. The van der Waals surface area contributed by atoms with E-state index in [1.54, 1.807) is 31.0 Å². The maximum absolute atomic E-state index is 12.0. The molecular weight excluding hydrogens is 242 g/mol. The minimum absolute atomic E-state index is 0.00109. The second-order valence-corrected chi connectivity index (χ2v) is 4.60. The monoisotopic (exact) mass is 257 g/mol. The van der Waals surface area contributed by atoms with E-state index in [4.69, 9.17) is 16.3 Å². The number of aryl methyl sites for hydroxylation is 1. The Balaban J connectivity index is 2.04. The SMILES string of the molecule is CO[C@@H]1CNCC1NC(=O)c1cc(Cl)cn1C. The minimum Gasteiger partial charge on any atom is -0.378 e.